The molecule has 1 aliphatic rings. The molecule has 1 amide bonds. The molecular weight excluding hydrogens is 370 g/mol. The lowest BCUT2D eigenvalue weighted by Gasteiger charge is -2.24. The third-order valence-electron chi connectivity index (χ3n) is 3.83. The van der Waals surface area contributed by atoms with Crippen molar-refractivity contribution in [3.05, 3.63) is 69.8 Å². The van der Waals surface area contributed by atoms with E-state index in [1.54, 1.807) is 18.2 Å². The van der Waals surface area contributed by atoms with Gasteiger partial charge in [0.2, 0.25) is 0 Å². The molecule has 140 valence electrons. The molecule has 0 bridgehead atoms. The van der Waals surface area contributed by atoms with E-state index in [4.69, 9.17) is 0 Å². The van der Waals surface area contributed by atoms with Gasteiger partial charge < -0.3 is 0 Å². The highest BCUT2D eigenvalue weighted by Crippen LogP contribution is 2.33. The molecule has 6 nitrogen and oxygen atoms in total. The number of nitro benzene ring substituents is 1. The summed E-state index contributed by atoms with van der Waals surface area (Å²) in [6.07, 6.45) is -7.37. The van der Waals surface area contributed by atoms with Crippen LogP contribution >= 0.6 is 0 Å². The first-order valence-electron chi connectivity index (χ1n) is 7.61. The quantitative estimate of drug-likeness (QED) is 0.353. The Kier molecular flexibility index (Phi) is 4.64. The number of hydrogen-bond acceptors (Lipinski definition) is 4. The maximum Gasteiger partial charge on any atom is 0.406 e. The molecule has 2 aromatic rings. The number of nitrogens with zero attached hydrogens (tertiary/aromatic N) is 3. The molecule has 0 spiro atoms. The van der Waals surface area contributed by atoms with Gasteiger partial charge in [-0.2, -0.15) is 13.2 Å². The molecule has 1 unspecified atom stereocenters. The van der Waals surface area contributed by atoms with Crippen LogP contribution in [-0.4, -0.2) is 35.6 Å². The fourth-order valence-corrected chi connectivity index (χ4v) is 2.72. The van der Waals surface area contributed by atoms with E-state index in [9.17, 15) is 32.5 Å². The molecule has 0 saturated carbocycles. The zero-order valence-electron chi connectivity index (χ0n) is 13.5. The molecule has 2 aromatic carbocycles. The molecule has 0 saturated heterocycles. The van der Waals surface area contributed by atoms with E-state index in [-0.39, 0.29) is 21.9 Å². The van der Waals surface area contributed by atoms with Crippen LogP contribution in [0.15, 0.2) is 53.5 Å². The molecule has 0 N–H and O–H groups in total. The summed E-state index contributed by atoms with van der Waals surface area (Å²) < 4.78 is 53.1. The molecule has 27 heavy (non-hydrogen) atoms. The monoisotopic (exact) mass is 381 g/mol. The molecule has 1 atom stereocenters. The highest BCUT2D eigenvalue weighted by molar-refractivity contribution is 6.20. The van der Waals surface area contributed by atoms with E-state index < -0.39 is 35.5 Å². The summed E-state index contributed by atoms with van der Waals surface area (Å²) in [6, 6.07) is 10.8. The standard InChI is InChI=1S/C17H11F4N3O3/c18-15-16(25)23(9-17(19,20)21)13-7-6-11(24(26)27)8-12(13)14(22-15)10-4-2-1-3-5-10/h1-8,15H,9H2. The van der Waals surface area contributed by atoms with Crippen molar-refractivity contribution in [1.82, 2.24) is 0 Å². The number of rotatable bonds is 3. The van der Waals surface area contributed by atoms with Crippen LogP contribution in [0.2, 0.25) is 0 Å². The number of non-ortho nitro benzene ring substituents is 1. The van der Waals surface area contributed by atoms with E-state index in [0.717, 1.165) is 18.2 Å². The number of fused-ring (bicyclic) bond motifs is 1. The number of carbonyl (C=O) groups is 1. The molecule has 1 aliphatic heterocycles. The topological polar surface area (TPSA) is 75.8 Å². The van der Waals surface area contributed by atoms with Crippen LogP contribution in [0, 0.1) is 10.1 Å². The lowest BCUT2D eigenvalue weighted by Crippen LogP contribution is -2.42. The van der Waals surface area contributed by atoms with Gasteiger partial charge in [-0.25, -0.2) is 9.38 Å². The highest BCUT2D eigenvalue weighted by Gasteiger charge is 2.40. The first-order chi connectivity index (χ1) is 12.7. The van der Waals surface area contributed by atoms with Gasteiger partial charge in [-0.05, 0) is 6.07 Å². The number of benzodiazepines with no additional fused rings is 1. The minimum absolute atomic E-state index is 0.131. The first kappa shape index (κ1) is 18.5. The zero-order valence-corrected chi connectivity index (χ0v) is 13.5. The van der Waals surface area contributed by atoms with Gasteiger partial charge in [0.05, 0.1) is 16.3 Å². The summed E-state index contributed by atoms with van der Waals surface area (Å²) in [6.45, 7) is -1.74. The van der Waals surface area contributed by atoms with Gasteiger partial charge in [0.15, 0.2) is 0 Å². The SMILES string of the molecule is O=C1C(F)N=C(c2ccccc2)c2cc([N+](=O)[O-])ccc2N1CC(F)(F)F. The second kappa shape index (κ2) is 6.78. The molecule has 1 heterocycles. The Morgan fingerprint density at radius 1 is 1.15 bits per heavy atom. The molecule has 10 heteroatoms. The normalized spacial score (nSPS) is 17.2. The molecule has 0 radical (unpaired) electrons. The Hall–Kier alpha value is -3.30. The van der Waals surface area contributed by atoms with E-state index in [2.05, 4.69) is 4.99 Å². The van der Waals surface area contributed by atoms with Gasteiger partial charge in [-0.1, -0.05) is 30.3 Å². The number of hydrogen-bond donors (Lipinski definition) is 0. The van der Waals surface area contributed by atoms with Crippen LogP contribution in [0.3, 0.4) is 0 Å². The summed E-state index contributed by atoms with van der Waals surface area (Å²) in [5, 5.41) is 11.1. The largest absolute Gasteiger partial charge is 0.406 e. The highest BCUT2D eigenvalue weighted by atomic mass is 19.4. The van der Waals surface area contributed by atoms with Gasteiger partial charge in [0.1, 0.15) is 6.54 Å². The Morgan fingerprint density at radius 3 is 2.41 bits per heavy atom. The van der Waals surface area contributed by atoms with Crippen molar-refractivity contribution in [1.29, 1.82) is 0 Å². The summed E-state index contributed by atoms with van der Waals surface area (Å²) in [5.74, 6) is -1.49. The van der Waals surface area contributed by atoms with E-state index in [1.165, 1.54) is 12.1 Å². The molecule has 0 fully saturated rings. The second-order valence-corrected chi connectivity index (χ2v) is 5.68. The van der Waals surface area contributed by atoms with Crippen molar-refractivity contribution >= 4 is 23.0 Å². The third-order valence-corrected chi connectivity index (χ3v) is 3.83. The van der Waals surface area contributed by atoms with Crippen molar-refractivity contribution in [2.24, 2.45) is 4.99 Å². The average Bonchev–Trinajstić information content (AvgIpc) is 2.71. The van der Waals surface area contributed by atoms with Gasteiger partial charge >= 0.3 is 6.18 Å². The Morgan fingerprint density at radius 2 is 1.81 bits per heavy atom. The van der Waals surface area contributed by atoms with Crippen molar-refractivity contribution in [2.75, 3.05) is 11.4 Å². The Labute approximate surface area is 149 Å². The zero-order chi connectivity index (χ0) is 19.8. The number of amides is 1. The predicted octanol–water partition coefficient (Wildman–Crippen LogP) is 3.64. The summed E-state index contributed by atoms with van der Waals surface area (Å²) in [5.41, 5.74) is -0.684. The second-order valence-electron chi connectivity index (χ2n) is 5.68. The summed E-state index contributed by atoms with van der Waals surface area (Å²) in [4.78, 5) is 26.4. The van der Waals surface area contributed by atoms with Crippen molar-refractivity contribution < 1.29 is 27.3 Å². The van der Waals surface area contributed by atoms with Crippen LogP contribution in [-0.2, 0) is 4.79 Å². The maximum atomic E-state index is 14.3. The van der Waals surface area contributed by atoms with E-state index in [0.29, 0.717) is 5.56 Å². The Balaban J connectivity index is 2.26. The lowest BCUT2D eigenvalue weighted by molar-refractivity contribution is -0.384. The van der Waals surface area contributed by atoms with Gasteiger partial charge in [0.25, 0.3) is 17.9 Å². The first-order valence-corrected chi connectivity index (χ1v) is 7.61. The van der Waals surface area contributed by atoms with Gasteiger partial charge in [0, 0.05) is 23.3 Å². The average molecular weight is 381 g/mol. The lowest BCUT2D eigenvalue weighted by atomic mass is 9.99. The smallest absolute Gasteiger partial charge is 0.298 e. The number of carbonyl (C=O) groups excluding carboxylic acids is 1. The maximum absolute atomic E-state index is 14.3. The number of nitro groups is 1. The van der Waals surface area contributed by atoms with Crippen LogP contribution < -0.4 is 4.90 Å². The summed E-state index contributed by atoms with van der Waals surface area (Å²) >= 11 is 0. The van der Waals surface area contributed by atoms with Crippen LogP contribution in [0.4, 0.5) is 28.9 Å². The summed E-state index contributed by atoms with van der Waals surface area (Å²) in [7, 11) is 0. The molecule has 3 rings (SSSR count). The van der Waals surface area contributed by atoms with Crippen molar-refractivity contribution in [3.8, 4) is 0 Å². The minimum Gasteiger partial charge on any atom is -0.298 e. The van der Waals surface area contributed by atoms with Crippen LogP contribution in [0.25, 0.3) is 0 Å². The number of halogens is 4. The molecule has 0 aromatic heterocycles. The van der Waals surface area contributed by atoms with Crippen molar-refractivity contribution in [2.45, 2.75) is 12.5 Å². The number of aliphatic imine (C=N–C) groups is 1. The number of alkyl halides is 4. The molecule has 0 aliphatic carbocycles. The third kappa shape index (κ3) is 3.78. The fourth-order valence-electron chi connectivity index (χ4n) is 2.72. The minimum atomic E-state index is -4.80. The fraction of sp³-hybridized carbons (Fsp3) is 0.176. The van der Waals surface area contributed by atoms with Gasteiger partial charge in [-0.3, -0.25) is 19.8 Å². The van der Waals surface area contributed by atoms with Gasteiger partial charge in [-0.15, -0.1) is 0 Å². The molecular formula is C17H11F4N3O3. The number of anilines is 1. The number of benzene rings is 2. The van der Waals surface area contributed by atoms with Crippen molar-refractivity contribution in [3.63, 3.8) is 0 Å². The Bertz CT molecular complexity index is 929. The van der Waals surface area contributed by atoms with Crippen LogP contribution in [0.1, 0.15) is 11.1 Å². The van der Waals surface area contributed by atoms with E-state index in [1.807, 2.05) is 0 Å². The predicted molar refractivity (Wildman–Crippen MR) is 88.5 cm³/mol. The van der Waals surface area contributed by atoms with E-state index >= 15 is 0 Å². The van der Waals surface area contributed by atoms with Crippen LogP contribution in [0.5, 0.6) is 0 Å².